The van der Waals surface area contributed by atoms with E-state index in [1.165, 1.54) is 24.4 Å². The minimum atomic E-state index is -0.266. The zero-order valence-electron chi connectivity index (χ0n) is 11.1. The smallest absolute Gasteiger partial charge is 0.251 e. The highest BCUT2D eigenvalue weighted by molar-refractivity contribution is 5.94. The van der Waals surface area contributed by atoms with Crippen LogP contribution in [0.2, 0.25) is 0 Å². The summed E-state index contributed by atoms with van der Waals surface area (Å²) in [6.45, 7) is 1.89. The average Bonchev–Trinajstić information content (AvgIpc) is 2.41. The maximum absolute atomic E-state index is 12.8. The minimum Gasteiger partial charge on any atom is -0.384 e. The van der Waals surface area contributed by atoms with Crippen LogP contribution in [0.5, 0.6) is 0 Å². The summed E-state index contributed by atoms with van der Waals surface area (Å²) in [5.41, 5.74) is 6.98. The summed E-state index contributed by atoms with van der Waals surface area (Å²) < 4.78 is 12.8. The molecular formula is C15H16FN3O. The van der Waals surface area contributed by atoms with Crippen molar-refractivity contribution in [3.8, 4) is 0 Å². The van der Waals surface area contributed by atoms with Gasteiger partial charge in [0.15, 0.2) is 0 Å². The van der Waals surface area contributed by atoms with E-state index in [4.69, 9.17) is 5.73 Å². The van der Waals surface area contributed by atoms with E-state index < -0.39 is 0 Å². The van der Waals surface area contributed by atoms with E-state index in [9.17, 15) is 9.18 Å². The summed E-state index contributed by atoms with van der Waals surface area (Å²) in [6.07, 6.45) is 2.13. The lowest BCUT2D eigenvalue weighted by atomic mass is 10.1. The first-order valence-electron chi connectivity index (χ1n) is 6.31. The topological polar surface area (TPSA) is 68.0 Å². The van der Waals surface area contributed by atoms with Gasteiger partial charge in [0.05, 0.1) is 0 Å². The Bertz CT molecular complexity index is 598. The fourth-order valence-corrected chi connectivity index (χ4v) is 1.92. The van der Waals surface area contributed by atoms with Gasteiger partial charge in [-0.2, -0.15) is 0 Å². The molecule has 0 aliphatic carbocycles. The van der Waals surface area contributed by atoms with Crippen LogP contribution in [0, 0.1) is 5.82 Å². The molecule has 1 heterocycles. The van der Waals surface area contributed by atoms with Crippen LogP contribution in [0.3, 0.4) is 0 Å². The maximum atomic E-state index is 12.8. The monoisotopic (exact) mass is 273 g/mol. The van der Waals surface area contributed by atoms with Crippen LogP contribution >= 0.6 is 0 Å². The minimum absolute atomic E-state index is 0.0673. The lowest BCUT2D eigenvalue weighted by Gasteiger charge is -2.14. The van der Waals surface area contributed by atoms with Crippen LogP contribution in [0.25, 0.3) is 0 Å². The largest absolute Gasteiger partial charge is 0.384 e. The molecule has 1 unspecified atom stereocenters. The predicted molar refractivity (Wildman–Crippen MR) is 75.7 cm³/mol. The van der Waals surface area contributed by atoms with Gasteiger partial charge in [0.1, 0.15) is 11.6 Å². The molecule has 3 N–H and O–H groups in total. The van der Waals surface area contributed by atoms with Gasteiger partial charge in [0.25, 0.3) is 5.91 Å². The third-order valence-electron chi connectivity index (χ3n) is 2.88. The first-order chi connectivity index (χ1) is 9.54. The number of hydrogen-bond donors (Lipinski definition) is 2. The second-order valence-electron chi connectivity index (χ2n) is 4.67. The van der Waals surface area contributed by atoms with Crippen molar-refractivity contribution in [2.24, 2.45) is 0 Å². The summed E-state index contributed by atoms with van der Waals surface area (Å²) in [6, 6.07) is 9.31. The van der Waals surface area contributed by atoms with Crippen LogP contribution in [0.1, 0.15) is 22.8 Å². The number of hydrogen-bond acceptors (Lipinski definition) is 3. The third-order valence-corrected chi connectivity index (χ3v) is 2.88. The molecular weight excluding hydrogens is 257 g/mol. The van der Waals surface area contributed by atoms with Crippen LogP contribution in [0.4, 0.5) is 10.2 Å². The van der Waals surface area contributed by atoms with Gasteiger partial charge in [-0.1, -0.05) is 12.1 Å². The standard InChI is InChI=1S/C15H16FN3O/c1-10(8-11-2-4-13(16)5-3-11)19-15(20)12-6-7-18-14(17)9-12/h2-7,9-10H,8H2,1H3,(H2,17,18)(H,19,20). The second-order valence-corrected chi connectivity index (χ2v) is 4.67. The van der Waals surface area contributed by atoms with Crippen molar-refractivity contribution in [1.29, 1.82) is 0 Å². The van der Waals surface area contributed by atoms with Crippen LogP contribution in [-0.4, -0.2) is 16.9 Å². The quantitative estimate of drug-likeness (QED) is 0.897. The van der Waals surface area contributed by atoms with Gasteiger partial charge in [-0.05, 0) is 43.2 Å². The Hall–Kier alpha value is -2.43. The Morgan fingerprint density at radius 3 is 2.70 bits per heavy atom. The molecule has 0 saturated heterocycles. The molecule has 0 aliphatic rings. The fraction of sp³-hybridized carbons (Fsp3) is 0.200. The number of benzene rings is 1. The third kappa shape index (κ3) is 3.78. The van der Waals surface area contributed by atoms with Crippen molar-refractivity contribution in [2.75, 3.05) is 5.73 Å². The van der Waals surface area contributed by atoms with Gasteiger partial charge < -0.3 is 11.1 Å². The van der Waals surface area contributed by atoms with Crippen molar-refractivity contribution < 1.29 is 9.18 Å². The molecule has 104 valence electrons. The van der Waals surface area contributed by atoms with Gasteiger partial charge in [-0.25, -0.2) is 9.37 Å². The number of amides is 1. The Kier molecular flexibility index (Phi) is 4.30. The summed E-state index contributed by atoms with van der Waals surface area (Å²) in [5.74, 6) is -0.157. The number of nitrogen functional groups attached to an aromatic ring is 1. The summed E-state index contributed by atoms with van der Waals surface area (Å²) in [7, 11) is 0. The molecule has 4 nitrogen and oxygen atoms in total. The summed E-state index contributed by atoms with van der Waals surface area (Å²) >= 11 is 0. The Balaban J connectivity index is 1.95. The van der Waals surface area contributed by atoms with E-state index in [0.29, 0.717) is 17.8 Å². The molecule has 1 atom stereocenters. The molecule has 0 fully saturated rings. The number of nitrogens with one attached hydrogen (secondary N) is 1. The summed E-state index contributed by atoms with van der Waals surface area (Å²) in [4.78, 5) is 15.8. The number of anilines is 1. The highest BCUT2D eigenvalue weighted by atomic mass is 19.1. The molecule has 1 aromatic heterocycles. The fourth-order valence-electron chi connectivity index (χ4n) is 1.92. The lowest BCUT2D eigenvalue weighted by molar-refractivity contribution is 0.0940. The molecule has 0 radical (unpaired) electrons. The number of rotatable bonds is 4. The van der Waals surface area contributed by atoms with E-state index in [-0.39, 0.29) is 17.8 Å². The van der Waals surface area contributed by atoms with Crippen LogP contribution in [-0.2, 0) is 6.42 Å². The lowest BCUT2D eigenvalue weighted by Crippen LogP contribution is -2.34. The van der Waals surface area contributed by atoms with E-state index in [1.54, 1.807) is 18.2 Å². The first kappa shape index (κ1) is 14.0. The number of aromatic nitrogens is 1. The zero-order valence-corrected chi connectivity index (χ0v) is 11.1. The molecule has 5 heteroatoms. The Morgan fingerprint density at radius 1 is 1.35 bits per heavy atom. The van der Waals surface area contributed by atoms with E-state index in [1.807, 2.05) is 6.92 Å². The van der Waals surface area contributed by atoms with Crippen molar-refractivity contribution >= 4 is 11.7 Å². The Labute approximate surface area is 116 Å². The highest BCUT2D eigenvalue weighted by Gasteiger charge is 2.10. The maximum Gasteiger partial charge on any atom is 0.251 e. The number of carbonyl (C=O) groups is 1. The van der Waals surface area contributed by atoms with E-state index in [0.717, 1.165) is 5.56 Å². The molecule has 20 heavy (non-hydrogen) atoms. The SMILES string of the molecule is CC(Cc1ccc(F)cc1)NC(=O)c1ccnc(N)c1. The zero-order chi connectivity index (χ0) is 14.5. The number of nitrogens with zero attached hydrogens (tertiary/aromatic N) is 1. The molecule has 0 spiro atoms. The van der Waals surface area contributed by atoms with Gasteiger partial charge in [0.2, 0.25) is 0 Å². The molecule has 0 saturated carbocycles. The van der Waals surface area contributed by atoms with E-state index >= 15 is 0 Å². The van der Waals surface area contributed by atoms with Crippen molar-refractivity contribution in [3.05, 3.63) is 59.5 Å². The van der Waals surface area contributed by atoms with E-state index in [2.05, 4.69) is 10.3 Å². The second kappa shape index (κ2) is 6.14. The number of pyridine rings is 1. The normalized spacial score (nSPS) is 11.9. The highest BCUT2D eigenvalue weighted by Crippen LogP contribution is 2.07. The molecule has 1 aromatic carbocycles. The summed E-state index contributed by atoms with van der Waals surface area (Å²) in [5, 5.41) is 2.87. The number of carbonyl (C=O) groups excluding carboxylic acids is 1. The van der Waals surface area contributed by atoms with Gasteiger partial charge >= 0.3 is 0 Å². The molecule has 0 bridgehead atoms. The van der Waals surface area contributed by atoms with Crippen molar-refractivity contribution in [2.45, 2.75) is 19.4 Å². The van der Waals surface area contributed by atoms with Gasteiger partial charge in [-0.15, -0.1) is 0 Å². The molecule has 0 aliphatic heterocycles. The van der Waals surface area contributed by atoms with Gasteiger partial charge in [-0.3, -0.25) is 4.79 Å². The molecule has 2 aromatic rings. The molecule has 1 amide bonds. The first-order valence-corrected chi connectivity index (χ1v) is 6.31. The van der Waals surface area contributed by atoms with Crippen LogP contribution < -0.4 is 11.1 Å². The number of halogens is 1. The van der Waals surface area contributed by atoms with Crippen LogP contribution in [0.15, 0.2) is 42.6 Å². The van der Waals surface area contributed by atoms with Crippen molar-refractivity contribution in [1.82, 2.24) is 10.3 Å². The van der Waals surface area contributed by atoms with Gasteiger partial charge in [0, 0.05) is 17.8 Å². The Morgan fingerprint density at radius 2 is 2.05 bits per heavy atom. The van der Waals surface area contributed by atoms with Crippen molar-refractivity contribution in [3.63, 3.8) is 0 Å². The number of nitrogens with two attached hydrogens (primary N) is 1. The predicted octanol–water partition coefficient (Wildman–Crippen LogP) is 2.16. The average molecular weight is 273 g/mol. The molecule has 2 rings (SSSR count).